The molecule has 171 valence electrons. The number of rotatable bonds is 7. The Labute approximate surface area is 189 Å². The zero-order valence-corrected chi connectivity index (χ0v) is 18.3. The molecule has 1 aromatic carbocycles. The lowest BCUT2D eigenvalue weighted by Gasteiger charge is -2.24. The van der Waals surface area contributed by atoms with Crippen molar-refractivity contribution >= 4 is 41.2 Å². The summed E-state index contributed by atoms with van der Waals surface area (Å²) in [7, 11) is 0. The number of aromatic nitrogens is 2. The average Bonchev–Trinajstić information content (AvgIpc) is 2.73. The summed E-state index contributed by atoms with van der Waals surface area (Å²) in [5.41, 5.74) is 12.1. The zero-order valence-electron chi connectivity index (χ0n) is 17.6. The Hall–Kier alpha value is -3.48. The van der Waals surface area contributed by atoms with Gasteiger partial charge in [-0.3, -0.25) is 4.79 Å². The van der Waals surface area contributed by atoms with Crippen molar-refractivity contribution in [2.24, 2.45) is 29.1 Å². The van der Waals surface area contributed by atoms with Gasteiger partial charge in [-0.1, -0.05) is 35.9 Å². The van der Waals surface area contributed by atoms with E-state index in [9.17, 15) is 14.4 Å². The van der Waals surface area contributed by atoms with Gasteiger partial charge in [-0.2, -0.15) is 0 Å². The molecule has 1 aromatic heterocycles. The van der Waals surface area contributed by atoms with Crippen LogP contribution in [0, 0.1) is 19.8 Å². The van der Waals surface area contributed by atoms with Gasteiger partial charge in [0.2, 0.25) is 0 Å². The Morgan fingerprint density at radius 3 is 2.22 bits per heavy atom. The van der Waals surface area contributed by atoms with Gasteiger partial charge in [-0.05, 0) is 44.2 Å². The van der Waals surface area contributed by atoms with E-state index in [2.05, 4.69) is 22.2 Å². The highest BCUT2D eigenvalue weighted by Crippen LogP contribution is 2.26. The van der Waals surface area contributed by atoms with E-state index in [1.807, 2.05) is 31.2 Å². The summed E-state index contributed by atoms with van der Waals surface area (Å²) in [5, 5.41) is 3.07. The second kappa shape index (κ2) is 10.2. The first kappa shape index (κ1) is 24.8. The van der Waals surface area contributed by atoms with Gasteiger partial charge in [0.1, 0.15) is 0 Å². The number of anilines is 2. The number of hydrogen-bond acceptors (Lipinski definition) is 7. The third-order valence-electron chi connectivity index (χ3n) is 4.77. The number of nitrogens with one attached hydrogen (secondary N) is 1. The topological polar surface area (TPSA) is 200 Å². The number of benzene rings is 1. The van der Waals surface area contributed by atoms with Crippen LogP contribution in [0.1, 0.15) is 28.5 Å². The molecule has 0 aliphatic heterocycles. The van der Waals surface area contributed by atoms with Gasteiger partial charge in [-0.25, -0.2) is 41.3 Å². The molecule has 2 atom stereocenters. The summed E-state index contributed by atoms with van der Waals surface area (Å²) in [6, 6.07) is 5.17. The second-order valence-electron chi connectivity index (χ2n) is 7.08. The summed E-state index contributed by atoms with van der Waals surface area (Å²) in [4.78, 5) is 43.7. The van der Waals surface area contributed by atoms with E-state index < -0.39 is 46.5 Å². The molecular formula is C19H25ClN9O3. The van der Waals surface area contributed by atoms with Crippen LogP contribution < -0.4 is 38.5 Å². The molecule has 5 amide bonds. The molecule has 0 aliphatic carbocycles. The van der Waals surface area contributed by atoms with Crippen LogP contribution in [0.25, 0.3) is 0 Å². The summed E-state index contributed by atoms with van der Waals surface area (Å²) >= 11 is 6.02. The van der Waals surface area contributed by atoms with Crippen molar-refractivity contribution in [3.05, 3.63) is 53.2 Å². The maximum atomic E-state index is 12.9. The molecule has 2 unspecified atom stereocenters. The van der Waals surface area contributed by atoms with Crippen LogP contribution in [0.2, 0.25) is 5.15 Å². The van der Waals surface area contributed by atoms with E-state index in [4.69, 9.17) is 34.8 Å². The largest absolute Gasteiger partial charge is 0.350 e. The Bertz CT molecular complexity index is 1030. The predicted octanol–water partition coefficient (Wildman–Crippen LogP) is 0.767. The SMILES string of the molecule is [CH2]C(Cc1ccccc1C)C(C)NC(=O)c1nc(Cl)c(N(N)C(N)=O)nc1N(N)C(N)=O. The first-order chi connectivity index (χ1) is 14.9. The van der Waals surface area contributed by atoms with Gasteiger partial charge >= 0.3 is 12.1 Å². The molecule has 0 aliphatic rings. The predicted molar refractivity (Wildman–Crippen MR) is 120 cm³/mol. The number of hydrogen-bond donors (Lipinski definition) is 5. The van der Waals surface area contributed by atoms with E-state index in [1.54, 1.807) is 6.92 Å². The minimum absolute atomic E-state index is 0.203. The highest BCUT2D eigenvalue weighted by atomic mass is 35.5. The van der Waals surface area contributed by atoms with Gasteiger partial charge in [-0.15, -0.1) is 0 Å². The summed E-state index contributed by atoms with van der Waals surface area (Å²) in [6.07, 6.45) is 0.609. The van der Waals surface area contributed by atoms with Crippen molar-refractivity contribution in [2.45, 2.75) is 26.3 Å². The number of halogens is 1. The standard InChI is InChI=1S/C19H25ClN9O3/c1-9-6-4-5-7-12(9)8-10(2)11(3)25-17(30)13-15(28(23)18(21)31)27-16(14(20)26-13)29(24)19(22)32/h4-7,10-11H,2,8,23-24H2,1,3H3,(H2,21,31)(H2,22,32)(H,25,30). The van der Waals surface area contributed by atoms with Crippen LogP contribution in [0.5, 0.6) is 0 Å². The second-order valence-corrected chi connectivity index (χ2v) is 7.44. The first-order valence-electron chi connectivity index (χ1n) is 9.38. The lowest BCUT2D eigenvalue weighted by atomic mass is 9.92. The zero-order chi connectivity index (χ0) is 24.2. The summed E-state index contributed by atoms with van der Waals surface area (Å²) in [6.45, 7) is 7.87. The number of primary amides is 2. The lowest BCUT2D eigenvalue weighted by molar-refractivity contribution is 0.0926. The highest BCUT2D eigenvalue weighted by Gasteiger charge is 2.28. The van der Waals surface area contributed by atoms with Crippen molar-refractivity contribution in [3.8, 4) is 0 Å². The lowest BCUT2D eigenvalue weighted by Crippen LogP contribution is -2.46. The number of aryl methyl sites for hydroxylation is 1. The van der Waals surface area contributed by atoms with Crippen molar-refractivity contribution in [1.29, 1.82) is 0 Å². The Balaban J connectivity index is 2.33. The maximum Gasteiger partial charge on any atom is 0.335 e. The van der Waals surface area contributed by atoms with Crippen LogP contribution in [-0.4, -0.2) is 34.0 Å². The number of nitrogens with two attached hydrogens (primary N) is 4. The normalized spacial score (nSPS) is 12.6. The van der Waals surface area contributed by atoms with Gasteiger partial charge in [0, 0.05) is 6.04 Å². The fraction of sp³-hybridized carbons (Fsp3) is 0.263. The van der Waals surface area contributed by atoms with E-state index >= 15 is 0 Å². The van der Waals surface area contributed by atoms with E-state index in [0.29, 0.717) is 16.4 Å². The first-order valence-corrected chi connectivity index (χ1v) is 9.76. The molecule has 0 spiro atoms. The molecule has 0 saturated heterocycles. The van der Waals surface area contributed by atoms with Crippen LogP contribution in [-0.2, 0) is 6.42 Å². The molecule has 2 aromatic rings. The van der Waals surface area contributed by atoms with E-state index in [-0.39, 0.29) is 5.92 Å². The molecule has 1 radical (unpaired) electrons. The molecular weight excluding hydrogens is 438 g/mol. The molecule has 0 fully saturated rings. The van der Waals surface area contributed by atoms with Crippen LogP contribution in [0.4, 0.5) is 21.2 Å². The third-order valence-corrected chi connectivity index (χ3v) is 5.03. The number of carbonyl (C=O) groups excluding carboxylic acids is 3. The molecule has 13 heteroatoms. The van der Waals surface area contributed by atoms with Crippen LogP contribution in [0.3, 0.4) is 0 Å². The van der Waals surface area contributed by atoms with Crippen molar-refractivity contribution < 1.29 is 14.4 Å². The van der Waals surface area contributed by atoms with Crippen LogP contribution in [0.15, 0.2) is 24.3 Å². The Morgan fingerprint density at radius 2 is 1.66 bits per heavy atom. The average molecular weight is 463 g/mol. The van der Waals surface area contributed by atoms with Gasteiger partial charge < -0.3 is 16.8 Å². The van der Waals surface area contributed by atoms with Crippen molar-refractivity contribution in [1.82, 2.24) is 15.3 Å². The highest BCUT2D eigenvalue weighted by molar-refractivity contribution is 6.32. The molecule has 12 nitrogen and oxygen atoms in total. The summed E-state index contributed by atoms with van der Waals surface area (Å²) < 4.78 is 0. The quantitative estimate of drug-likeness (QED) is 0.227. The number of nitrogens with zero attached hydrogens (tertiary/aromatic N) is 4. The number of urea groups is 2. The molecule has 9 N–H and O–H groups in total. The van der Waals surface area contributed by atoms with Crippen molar-refractivity contribution in [3.63, 3.8) is 0 Å². The number of amides is 5. The Kier molecular flexibility index (Phi) is 7.92. The third kappa shape index (κ3) is 5.60. The maximum absolute atomic E-state index is 12.9. The number of hydrazine groups is 2. The smallest absolute Gasteiger partial charge is 0.335 e. The molecule has 0 bridgehead atoms. The monoisotopic (exact) mass is 462 g/mol. The molecule has 1 heterocycles. The van der Waals surface area contributed by atoms with E-state index in [1.165, 1.54) is 0 Å². The van der Waals surface area contributed by atoms with Gasteiger partial charge in [0.05, 0.1) is 0 Å². The summed E-state index contributed by atoms with van der Waals surface area (Å²) in [5.74, 6) is 9.28. The number of carbonyl (C=O) groups is 3. The fourth-order valence-corrected chi connectivity index (χ4v) is 2.99. The van der Waals surface area contributed by atoms with Crippen LogP contribution >= 0.6 is 11.6 Å². The van der Waals surface area contributed by atoms with E-state index in [0.717, 1.165) is 11.1 Å². The molecule has 32 heavy (non-hydrogen) atoms. The minimum atomic E-state index is -1.15. The minimum Gasteiger partial charge on any atom is -0.350 e. The van der Waals surface area contributed by atoms with Gasteiger partial charge in [0.15, 0.2) is 22.5 Å². The van der Waals surface area contributed by atoms with Gasteiger partial charge in [0.25, 0.3) is 5.91 Å². The fourth-order valence-electron chi connectivity index (χ4n) is 2.77. The molecule has 2 rings (SSSR count). The Morgan fingerprint density at radius 1 is 1.09 bits per heavy atom. The molecule has 0 saturated carbocycles. The van der Waals surface area contributed by atoms with Crippen molar-refractivity contribution in [2.75, 3.05) is 10.0 Å².